The lowest BCUT2D eigenvalue weighted by Crippen LogP contribution is -2.18. The van der Waals surface area contributed by atoms with Gasteiger partial charge in [0.25, 0.3) is 5.91 Å². The van der Waals surface area contributed by atoms with E-state index in [1.807, 2.05) is 48.5 Å². The van der Waals surface area contributed by atoms with Crippen molar-refractivity contribution in [3.63, 3.8) is 0 Å². The Bertz CT molecular complexity index is 1150. The van der Waals surface area contributed by atoms with Crippen LogP contribution in [0.25, 0.3) is 6.08 Å². The van der Waals surface area contributed by atoms with Crippen LogP contribution in [0.4, 0.5) is 0 Å². The fraction of sp³-hybridized carbons (Fsp3) is 0.185. The van der Waals surface area contributed by atoms with Gasteiger partial charge in [0, 0.05) is 5.41 Å². The smallest absolute Gasteiger partial charge is 0.263 e. The summed E-state index contributed by atoms with van der Waals surface area (Å²) in [7, 11) is 0. The van der Waals surface area contributed by atoms with Gasteiger partial charge in [0.05, 0.1) is 4.91 Å². The monoisotopic (exact) mass is 475 g/mol. The first-order valence-electron chi connectivity index (χ1n) is 10.7. The first-order valence-corrected chi connectivity index (χ1v) is 11.9. The van der Waals surface area contributed by atoms with Gasteiger partial charge < -0.3 is 14.8 Å². The highest BCUT2D eigenvalue weighted by atomic mass is 32.2. The van der Waals surface area contributed by atoms with Crippen molar-refractivity contribution in [2.24, 2.45) is 0 Å². The number of hydrogen-bond donors (Lipinski definition) is 1. The van der Waals surface area contributed by atoms with E-state index in [9.17, 15) is 4.79 Å². The number of carbonyl (C=O) groups is 1. The molecule has 33 heavy (non-hydrogen) atoms. The fourth-order valence-corrected chi connectivity index (χ4v) is 4.59. The third-order valence-electron chi connectivity index (χ3n) is 5.51. The maximum Gasteiger partial charge on any atom is 0.263 e. The minimum Gasteiger partial charge on any atom is -0.490 e. The normalized spacial score (nSPS) is 14.9. The van der Waals surface area contributed by atoms with Crippen LogP contribution in [0.2, 0.25) is 0 Å². The lowest BCUT2D eigenvalue weighted by Gasteiger charge is -2.26. The minimum absolute atomic E-state index is 0.0723. The van der Waals surface area contributed by atoms with Gasteiger partial charge in [-0.3, -0.25) is 4.79 Å². The van der Waals surface area contributed by atoms with Gasteiger partial charge in [-0.25, -0.2) is 0 Å². The van der Waals surface area contributed by atoms with Gasteiger partial charge in [-0.15, -0.1) is 0 Å². The zero-order valence-corrected chi connectivity index (χ0v) is 20.2. The molecule has 3 aromatic carbocycles. The molecular formula is C27H25NO3S2. The summed E-state index contributed by atoms with van der Waals surface area (Å²) in [6.07, 6.45) is 1.81. The van der Waals surface area contributed by atoms with Crippen molar-refractivity contribution in [3.05, 3.63) is 100 Å². The topological polar surface area (TPSA) is 47.6 Å². The van der Waals surface area contributed by atoms with Crippen molar-refractivity contribution in [2.45, 2.75) is 19.3 Å². The maximum atomic E-state index is 11.8. The summed E-state index contributed by atoms with van der Waals surface area (Å²) in [5, 5.41) is 2.61. The largest absolute Gasteiger partial charge is 0.490 e. The molecule has 1 N–H and O–H groups in total. The second kappa shape index (κ2) is 10.2. The molecule has 1 heterocycles. The van der Waals surface area contributed by atoms with Gasteiger partial charge in [-0.05, 0) is 47.0 Å². The Morgan fingerprint density at radius 3 is 1.94 bits per heavy atom. The molecule has 4 rings (SSSR count). The zero-order valence-electron chi connectivity index (χ0n) is 18.5. The number of hydrogen-bond acceptors (Lipinski definition) is 5. The molecule has 168 valence electrons. The summed E-state index contributed by atoms with van der Waals surface area (Å²) in [5.74, 6) is 1.41. The van der Waals surface area contributed by atoms with Gasteiger partial charge in [0.1, 0.15) is 29.0 Å². The number of amides is 1. The highest BCUT2D eigenvalue weighted by molar-refractivity contribution is 8.26. The Morgan fingerprint density at radius 1 is 0.848 bits per heavy atom. The van der Waals surface area contributed by atoms with E-state index in [1.165, 1.54) is 22.9 Å². The predicted molar refractivity (Wildman–Crippen MR) is 139 cm³/mol. The first kappa shape index (κ1) is 23.1. The quantitative estimate of drug-likeness (QED) is 0.247. The van der Waals surface area contributed by atoms with Crippen molar-refractivity contribution >= 4 is 40.3 Å². The van der Waals surface area contributed by atoms with Gasteiger partial charge in [-0.1, -0.05) is 92.4 Å². The molecule has 1 fully saturated rings. The third kappa shape index (κ3) is 5.83. The fourth-order valence-electron chi connectivity index (χ4n) is 3.54. The summed E-state index contributed by atoms with van der Waals surface area (Å²) in [6.45, 7) is 5.33. The summed E-state index contributed by atoms with van der Waals surface area (Å²) in [6, 6.07) is 26.3. The SMILES string of the molecule is CC(C)(c1ccccc1)c1ccc(OCCOc2ccc(/C=C3\SC(=S)NC3=O)cc2)cc1. The highest BCUT2D eigenvalue weighted by Crippen LogP contribution is 2.32. The molecule has 1 aliphatic rings. The summed E-state index contributed by atoms with van der Waals surface area (Å²) >= 11 is 6.28. The van der Waals surface area contributed by atoms with E-state index in [2.05, 4.69) is 55.6 Å². The van der Waals surface area contributed by atoms with Crippen molar-refractivity contribution in [1.82, 2.24) is 5.32 Å². The average molecular weight is 476 g/mol. The molecule has 6 heteroatoms. The molecule has 1 saturated heterocycles. The van der Waals surface area contributed by atoms with Crippen LogP contribution in [0.15, 0.2) is 83.8 Å². The van der Waals surface area contributed by atoms with Crippen LogP contribution in [0.5, 0.6) is 11.5 Å². The molecule has 0 atom stereocenters. The summed E-state index contributed by atoms with van der Waals surface area (Å²) < 4.78 is 12.1. The molecule has 1 amide bonds. The third-order valence-corrected chi connectivity index (χ3v) is 6.67. The molecule has 0 unspecified atom stereocenters. The molecule has 1 aliphatic heterocycles. The van der Waals surface area contributed by atoms with E-state index < -0.39 is 0 Å². The van der Waals surface area contributed by atoms with Crippen LogP contribution >= 0.6 is 24.0 Å². The standard InChI is InChI=1S/C27H25NO3S2/c1-27(2,20-6-4-3-5-7-20)21-10-14-23(15-11-21)31-17-16-30-22-12-8-19(9-13-22)18-24-25(29)28-26(32)33-24/h3-15,18H,16-17H2,1-2H3,(H,28,29,32)/b24-18-. The second-order valence-electron chi connectivity index (χ2n) is 8.13. The van der Waals surface area contributed by atoms with E-state index in [1.54, 1.807) is 0 Å². The lowest BCUT2D eigenvalue weighted by atomic mass is 9.78. The number of rotatable bonds is 8. The Labute approximate surface area is 204 Å². The van der Waals surface area contributed by atoms with E-state index >= 15 is 0 Å². The van der Waals surface area contributed by atoms with Crippen molar-refractivity contribution in [3.8, 4) is 11.5 Å². The summed E-state index contributed by atoms with van der Waals surface area (Å²) in [5.41, 5.74) is 3.36. The highest BCUT2D eigenvalue weighted by Gasteiger charge is 2.23. The molecule has 0 bridgehead atoms. The van der Waals surface area contributed by atoms with Crippen LogP contribution in [-0.2, 0) is 10.2 Å². The zero-order chi connectivity index (χ0) is 23.3. The maximum absolute atomic E-state index is 11.8. The predicted octanol–water partition coefficient (Wildman–Crippen LogP) is 5.96. The van der Waals surface area contributed by atoms with E-state index in [0.717, 1.165) is 17.1 Å². The molecule has 3 aromatic rings. The molecule has 4 nitrogen and oxygen atoms in total. The van der Waals surface area contributed by atoms with Crippen LogP contribution in [-0.4, -0.2) is 23.4 Å². The molecular weight excluding hydrogens is 450 g/mol. The van der Waals surface area contributed by atoms with Crippen LogP contribution in [0, 0.1) is 0 Å². The average Bonchev–Trinajstić information content (AvgIpc) is 3.15. The second-order valence-corrected chi connectivity index (χ2v) is 9.85. The number of benzene rings is 3. The number of thiocarbonyl (C=S) groups is 1. The van der Waals surface area contributed by atoms with E-state index in [4.69, 9.17) is 21.7 Å². The Hall–Kier alpha value is -3.09. The van der Waals surface area contributed by atoms with E-state index in [0.29, 0.717) is 22.4 Å². The molecule has 0 aliphatic carbocycles. The molecule has 0 aromatic heterocycles. The number of thioether (sulfide) groups is 1. The molecule has 0 radical (unpaired) electrons. The minimum atomic E-state index is -0.154. The van der Waals surface area contributed by atoms with Gasteiger partial charge >= 0.3 is 0 Å². The lowest BCUT2D eigenvalue weighted by molar-refractivity contribution is -0.115. The van der Waals surface area contributed by atoms with Crippen LogP contribution in [0.1, 0.15) is 30.5 Å². The van der Waals surface area contributed by atoms with E-state index in [-0.39, 0.29) is 11.3 Å². The number of ether oxygens (including phenoxy) is 2. The number of nitrogens with one attached hydrogen (secondary N) is 1. The first-order chi connectivity index (χ1) is 15.9. The summed E-state index contributed by atoms with van der Waals surface area (Å²) in [4.78, 5) is 12.4. The number of carbonyl (C=O) groups excluding carboxylic acids is 1. The van der Waals surface area contributed by atoms with Crippen LogP contribution in [0.3, 0.4) is 0 Å². The van der Waals surface area contributed by atoms with Gasteiger partial charge in [0.2, 0.25) is 0 Å². The van der Waals surface area contributed by atoms with Crippen molar-refractivity contribution in [2.75, 3.05) is 13.2 Å². The molecule has 0 spiro atoms. The van der Waals surface area contributed by atoms with Gasteiger partial charge in [-0.2, -0.15) is 0 Å². The molecule has 0 saturated carbocycles. The van der Waals surface area contributed by atoms with Crippen molar-refractivity contribution in [1.29, 1.82) is 0 Å². The Kier molecular flexibility index (Phi) is 7.16. The van der Waals surface area contributed by atoms with Crippen LogP contribution < -0.4 is 14.8 Å². The van der Waals surface area contributed by atoms with Gasteiger partial charge in [0.15, 0.2) is 0 Å². The van der Waals surface area contributed by atoms with Crippen molar-refractivity contribution < 1.29 is 14.3 Å². The Balaban J connectivity index is 1.26. The Morgan fingerprint density at radius 2 is 1.39 bits per heavy atom.